The standard InChI is InChI=1S/C15H25NO4/c1-14(2,3)20-13(19)16-9-15(12(17)18,11-7-8-11)10-5-4-6-10/h10-11H,4-9H2,1-3H3,(H,16,19)(H,17,18). The number of aliphatic carboxylic acids is 1. The fourth-order valence-electron chi connectivity index (χ4n) is 3.10. The monoisotopic (exact) mass is 283 g/mol. The van der Waals surface area contributed by atoms with Gasteiger partial charge in [0.25, 0.3) is 0 Å². The second-order valence-corrected chi connectivity index (χ2v) is 7.10. The number of hydrogen-bond donors (Lipinski definition) is 2. The van der Waals surface area contributed by atoms with Gasteiger partial charge in [-0.1, -0.05) is 6.42 Å². The third-order valence-corrected chi connectivity index (χ3v) is 4.46. The number of carbonyl (C=O) groups is 2. The summed E-state index contributed by atoms with van der Waals surface area (Å²) in [5.74, 6) is -0.358. The first kappa shape index (κ1) is 15.1. The SMILES string of the molecule is CC(C)(C)OC(=O)NCC(C(=O)O)(C1CCC1)C1CC1. The van der Waals surface area contributed by atoms with Crippen LogP contribution in [0.3, 0.4) is 0 Å². The smallest absolute Gasteiger partial charge is 0.407 e. The van der Waals surface area contributed by atoms with E-state index in [9.17, 15) is 14.7 Å². The van der Waals surface area contributed by atoms with Crippen molar-refractivity contribution >= 4 is 12.1 Å². The Labute approximate surface area is 120 Å². The molecule has 0 aromatic carbocycles. The fraction of sp³-hybridized carbons (Fsp3) is 0.867. The van der Waals surface area contributed by atoms with E-state index in [4.69, 9.17) is 4.74 Å². The number of rotatable bonds is 5. The highest BCUT2D eigenvalue weighted by Crippen LogP contribution is 2.55. The molecule has 5 nitrogen and oxygen atoms in total. The molecule has 0 bridgehead atoms. The molecular weight excluding hydrogens is 258 g/mol. The number of amides is 1. The van der Waals surface area contributed by atoms with E-state index in [-0.39, 0.29) is 18.4 Å². The third-order valence-electron chi connectivity index (χ3n) is 4.46. The lowest BCUT2D eigenvalue weighted by molar-refractivity contribution is -0.157. The Kier molecular flexibility index (Phi) is 3.98. The van der Waals surface area contributed by atoms with Crippen LogP contribution >= 0.6 is 0 Å². The van der Waals surface area contributed by atoms with Gasteiger partial charge in [0.2, 0.25) is 0 Å². The summed E-state index contributed by atoms with van der Waals surface area (Å²) in [7, 11) is 0. The molecule has 2 rings (SSSR count). The maximum absolute atomic E-state index is 11.8. The van der Waals surface area contributed by atoms with Gasteiger partial charge in [0.15, 0.2) is 0 Å². The molecule has 0 spiro atoms. The van der Waals surface area contributed by atoms with Gasteiger partial charge in [0.05, 0.1) is 5.41 Å². The van der Waals surface area contributed by atoms with Crippen LogP contribution in [-0.4, -0.2) is 29.3 Å². The highest BCUT2D eigenvalue weighted by atomic mass is 16.6. The van der Waals surface area contributed by atoms with Crippen LogP contribution in [0.15, 0.2) is 0 Å². The van der Waals surface area contributed by atoms with Crippen LogP contribution < -0.4 is 5.32 Å². The van der Waals surface area contributed by atoms with Gasteiger partial charge in [-0.25, -0.2) is 4.79 Å². The van der Waals surface area contributed by atoms with E-state index in [2.05, 4.69) is 5.32 Å². The van der Waals surface area contributed by atoms with Crippen molar-refractivity contribution in [1.29, 1.82) is 0 Å². The van der Waals surface area contributed by atoms with Crippen LogP contribution in [0.2, 0.25) is 0 Å². The van der Waals surface area contributed by atoms with Crippen LogP contribution in [-0.2, 0) is 9.53 Å². The highest BCUT2D eigenvalue weighted by Gasteiger charge is 2.57. The minimum atomic E-state index is -0.783. The molecule has 1 unspecified atom stereocenters. The molecule has 0 radical (unpaired) electrons. The van der Waals surface area contributed by atoms with Crippen molar-refractivity contribution in [2.75, 3.05) is 6.54 Å². The summed E-state index contributed by atoms with van der Waals surface area (Å²) in [6.07, 6.45) is 4.40. The zero-order valence-corrected chi connectivity index (χ0v) is 12.6. The Morgan fingerprint density at radius 1 is 1.15 bits per heavy atom. The van der Waals surface area contributed by atoms with E-state index in [1.807, 2.05) is 0 Å². The van der Waals surface area contributed by atoms with E-state index in [1.54, 1.807) is 20.8 Å². The van der Waals surface area contributed by atoms with Crippen LogP contribution in [0, 0.1) is 17.3 Å². The van der Waals surface area contributed by atoms with Crippen molar-refractivity contribution in [2.24, 2.45) is 17.3 Å². The van der Waals surface area contributed by atoms with E-state index >= 15 is 0 Å². The zero-order chi connectivity index (χ0) is 15.0. The molecule has 1 atom stereocenters. The first-order valence-corrected chi connectivity index (χ1v) is 7.46. The van der Waals surface area contributed by atoms with Gasteiger partial charge in [0, 0.05) is 6.54 Å². The van der Waals surface area contributed by atoms with E-state index in [0.29, 0.717) is 0 Å². The predicted molar refractivity (Wildman–Crippen MR) is 74.4 cm³/mol. The van der Waals surface area contributed by atoms with Crippen LogP contribution in [0.5, 0.6) is 0 Å². The molecule has 2 fully saturated rings. The maximum atomic E-state index is 11.8. The maximum Gasteiger partial charge on any atom is 0.407 e. The molecule has 0 saturated heterocycles. The lowest BCUT2D eigenvalue weighted by Crippen LogP contribution is -2.52. The molecule has 0 heterocycles. The average Bonchev–Trinajstić information content (AvgIpc) is 3.01. The Hall–Kier alpha value is -1.26. The molecular formula is C15H25NO4. The summed E-state index contributed by atoms with van der Waals surface area (Å²) in [6.45, 7) is 5.57. The topological polar surface area (TPSA) is 75.6 Å². The molecule has 5 heteroatoms. The number of carbonyl (C=O) groups excluding carboxylic acids is 1. The number of ether oxygens (including phenoxy) is 1. The van der Waals surface area contributed by atoms with Crippen molar-refractivity contribution in [3.63, 3.8) is 0 Å². The predicted octanol–water partition coefficient (Wildman–Crippen LogP) is 2.79. The van der Waals surface area contributed by atoms with Gasteiger partial charge in [-0.3, -0.25) is 4.79 Å². The molecule has 0 aromatic rings. The van der Waals surface area contributed by atoms with Gasteiger partial charge in [0.1, 0.15) is 5.60 Å². The Balaban J connectivity index is 2.01. The minimum Gasteiger partial charge on any atom is -0.481 e. The first-order valence-electron chi connectivity index (χ1n) is 7.46. The number of alkyl carbamates (subject to hydrolysis) is 1. The quantitative estimate of drug-likeness (QED) is 0.813. The number of nitrogens with one attached hydrogen (secondary N) is 1. The lowest BCUT2D eigenvalue weighted by Gasteiger charge is -2.42. The van der Waals surface area contributed by atoms with Crippen molar-refractivity contribution in [3.05, 3.63) is 0 Å². The second kappa shape index (κ2) is 5.26. The van der Waals surface area contributed by atoms with Crippen LogP contribution in [0.25, 0.3) is 0 Å². The zero-order valence-electron chi connectivity index (χ0n) is 12.6. The van der Waals surface area contributed by atoms with Crippen LogP contribution in [0.4, 0.5) is 4.79 Å². The molecule has 0 aromatic heterocycles. The Morgan fingerprint density at radius 3 is 2.05 bits per heavy atom. The summed E-state index contributed by atoms with van der Waals surface area (Å²) in [4.78, 5) is 23.6. The first-order chi connectivity index (χ1) is 9.25. The molecule has 1 amide bonds. The fourth-order valence-corrected chi connectivity index (χ4v) is 3.10. The van der Waals surface area contributed by atoms with Crippen molar-refractivity contribution in [3.8, 4) is 0 Å². The van der Waals surface area contributed by atoms with Crippen molar-refractivity contribution in [1.82, 2.24) is 5.32 Å². The van der Waals surface area contributed by atoms with Crippen molar-refractivity contribution < 1.29 is 19.4 Å². The Morgan fingerprint density at radius 2 is 1.70 bits per heavy atom. The van der Waals surface area contributed by atoms with Gasteiger partial charge in [-0.05, 0) is 58.3 Å². The Bertz CT molecular complexity index is 393. The largest absolute Gasteiger partial charge is 0.481 e. The number of carboxylic acid groups (broad SMARTS) is 1. The lowest BCUT2D eigenvalue weighted by atomic mass is 9.62. The van der Waals surface area contributed by atoms with E-state index in [1.165, 1.54) is 0 Å². The summed E-state index contributed by atoms with van der Waals surface area (Å²) in [5.41, 5.74) is -1.35. The van der Waals surface area contributed by atoms with Crippen LogP contribution in [0.1, 0.15) is 52.9 Å². The molecule has 2 aliphatic carbocycles. The number of carboxylic acids is 1. The summed E-state index contributed by atoms with van der Waals surface area (Å²) < 4.78 is 5.20. The van der Waals surface area contributed by atoms with E-state index < -0.39 is 23.1 Å². The molecule has 2 saturated carbocycles. The minimum absolute atomic E-state index is 0.187. The third kappa shape index (κ3) is 3.07. The van der Waals surface area contributed by atoms with Gasteiger partial charge in [-0.2, -0.15) is 0 Å². The highest BCUT2D eigenvalue weighted by molar-refractivity contribution is 5.78. The summed E-state index contributed by atoms with van der Waals surface area (Å²) >= 11 is 0. The van der Waals surface area contributed by atoms with Gasteiger partial charge in [-0.15, -0.1) is 0 Å². The normalized spacial score (nSPS) is 22.6. The van der Waals surface area contributed by atoms with Crippen molar-refractivity contribution in [2.45, 2.75) is 58.5 Å². The number of hydrogen-bond acceptors (Lipinski definition) is 3. The molecule has 2 N–H and O–H groups in total. The van der Waals surface area contributed by atoms with E-state index in [0.717, 1.165) is 32.1 Å². The van der Waals surface area contributed by atoms with Gasteiger partial charge < -0.3 is 15.2 Å². The molecule has 20 heavy (non-hydrogen) atoms. The molecule has 0 aliphatic heterocycles. The molecule has 114 valence electrons. The van der Waals surface area contributed by atoms with Gasteiger partial charge >= 0.3 is 12.1 Å². The summed E-state index contributed by atoms with van der Waals surface area (Å²) in [5, 5.41) is 12.4. The molecule has 2 aliphatic rings. The summed E-state index contributed by atoms with van der Waals surface area (Å²) in [6, 6.07) is 0. The average molecular weight is 283 g/mol. The second-order valence-electron chi connectivity index (χ2n) is 7.10.